The van der Waals surface area contributed by atoms with E-state index in [0.717, 1.165) is 24.7 Å². The van der Waals surface area contributed by atoms with Crippen LogP contribution in [0.15, 0.2) is 18.8 Å². The van der Waals surface area contributed by atoms with Crippen LogP contribution >= 0.6 is 0 Å². The van der Waals surface area contributed by atoms with Gasteiger partial charge in [0.25, 0.3) is 0 Å². The van der Waals surface area contributed by atoms with Gasteiger partial charge in [-0.05, 0) is 24.7 Å². The predicted octanol–water partition coefficient (Wildman–Crippen LogP) is 5.04. The lowest BCUT2D eigenvalue weighted by molar-refractivity contribution is 0.0975. The van der Waals surface area contributed by atoms with E-state index < -0.39 is 5.95 Å². The molecule has 0 amide bonds. The van der Waals surface area contributed by atoms with E-state index in [2.05, 4.69) is 18.5 Å². The van der Waals surface area contributed by atoms with Gasteiger partial charge in [-0.2, -0.15) is 4.39 Å². The van der Waals surface area contributed by atoms with Crippen molar-refractivity contribution in [1.29, 1.82) is 0 Å². The first-order valence-electron chi connectivity index (χ1n) is 7.91. The van der Waals surface area contributed by atoms with E-state index in [1.165, 1.54) is 37.9 Å². The molecule has 1 heterocycles. The molecule has 21 heavy (non-hydrogen) atoms. The second-order valence-corrected chi connectivity index (χ2v) is 6.25. The third-order valence-electron chi connectivity index (χ3n) is 4.48. The number of halogens is 1. The first-order valence-corrected chi connectivity index (χ1v) is 7.91. The molecule has 1 aromatic heterocycles. The summed E-state index contributed by atoms with van der Waals surface area (Å²) >= 11 is 0. The Morgan fingerprint density at radius 2 is 2.33 bits per heavy atom. The lowest BCUT2D eigenvalue weighted by Crippen LogP contribution is -2.13. The van der Waals surface area contributed by atoms with Gasteiger partial charge in [-0.3, -0.25) is 4.79 Å². The molecule has 3 heteroatoms. The Morgan fingerprint density at radius 3 is 3.05 bits per heavy atom. The number of pyridine rings is 1. The average molecular weight is 289 g/mol. The largest absolute Gasteiger partial charge is 0.294 e. The summed E-state index contributed by atoms with van der Waals surface area (Å²) in [4.78, 5) is 15.8. The molecule has 1 fully saturated rings. The minimum absolute atomic E-state index is 0.00458. The zero-order valence-corrected chi connectivity index (χ0v) is 12.8. The van der Waals surface area contributed by atoms with Crippen molar-refractivity contribution in [1.82, 2.24) is 4.98 Å². The number of hydrogen-bond acceptors (Lipinski definition) is 2. The molecular weight excluding hydrogens is 265 g/mol. The molecule has 0 radical (unpaired) electrons. The molecule has 1 aliphatic carbocycles. The van der Waals surface area contributed by atoms with Gasteiger partial charge in [0, 0.05) is 29.8 Å². The summed E-state index contributed by atoms with van der Waals surface area (Å²) < 4.78 is 13.2. The molecule has 114 valence electrons. The number of ketones is 1. The van der Waals surface area contributed by atoms with Gasteiger partial charge in [-0.1, -0.05) is 45.3 Å². The Balaban J connectivity index is 1.87. The van der Waals surface area contributed by atoms with E-state index in [1.54, 1.807) is 6.08 Å². The van der Waals surface area contributed by atoms with E-state index in [1.807, 2.05) is 0 Å². The number of Topliss-reactive ketones (excluding diaryl/α,β-unsaturated/α-hetero) is 1. The Kier molecular flexibility index (Phi) is 5.66. The van der Waals surface area contributed by atoms with Crippen molar-refractivity contribution in [2.75, 3.05) is 0 Å². The molecule has 2 atom stereocenters. The van der Waals surface area contributed by atoms with Gasteiger partial charge in [0.05, 0.1) is 0 Å². The highest BCUT2D eigenvalue weighted by Crippen LogP contribution is 2.32. The summed E-state index contributed by atoms with van der Waals surface area (Å²) in [7, 11) is 0. The fraction of sp³-hybridized carbons (Fsp3) is 0.556. The lowest BCUT2D eigenvalue weighted by Gasteiger charge is -2.26. The first kappa shape index (κ1) is 15.9. The number of aromatic nitrogens is 1. The molecule has 0 spiro atoms. The average Bonchev–Trinajstić information content (AvgIpc) is 2.47. The van der Waals surface area contributed by atoms with Crippen LogP contribution in [-0.4, -0.2) is 10.8 Å². The van der Waals surface area contributed by atoms with Crippen molar-refractivity contribution in [2.45, 2.75) is 51.9 Å². The van der Waals surface area contributed by atoms with E-state index in [-0.39, 0.29) is 5.78 Å². The number of hydrogen-bond donors (Lipinski definition) is 0. The number of carbonyl (C=O) groups excluding carboxylic acids is 1. The Bertz CT molecular complexity index is 512. The number of nitrogens with zero attached hydrogens (tertiary/aromatic N) is 1. The van der Waals surface area contributed by atoms with Crippen molar-refractivity contribution >= 4 is 11.9 Å². The van der Waals surface area contributed by atoms with E-state index in [0.29, 0.717) is 17.5 Å². The Labute approximate surface area is 126 Å². The summed E-state index contributed by atoms with van der Waals surface area (Å²) in [5.41, 5.74) is 1.03. The van der Waals surface area contributed by atoms with Crippen LogP contribution in [0.25, 0.3) is 6.08 Å². The van der Waals surface area contributed by atoms with Gasteiger partial charge < -0.3 is 0 Å². The van der Waals surface area contributed by atoms with Crippen molar-refractivity contribution in [2.24, 2.45) is 11.8 Å². The summed E-state index contributed by atoms with van der Waals surface area (Å²) in [5.74, 6) is 0.968. The third kappa shape index (κ3) is 4.48. The molecular formula is C18H24FNO. The summed E-state index contributed by atoms with van der Waals surface area (Å²) in [6.07, 6.45) is 10.6. The quantitative estimate of drug-likeness (QED) is 0.542. The maximum Gasteiger partial charge on any atom is 0.213 e. The van der Waals surface area contributed by atoms with Crippen LogP contribution in [0.3, 0.4) is 0 Å². The third-order valence-corrected chi connectivity index (χ3v) is 4.48. The molecule has 0 bridgehead atoms. The van der Waals surface area contributed by atoms with Crippen LogP contribution in [0.5, 0.6) is 0 Å². The summed E-state index contributed by atoms with van der Waals surface area (Å²) in [6, 6.07) is 1.22. The SMILES string of the molecule is C=Cc1cnc(F)cc1C(=O)CCCC1CCCC(C)C1. The molecule has 0 saturated heterocycles. The van der Waals surface area contributed by atoms with Gasteiger partial charge in [0.15, 0.2) is 5.78 Å². The molecule has 2 rings (SSSR count). The van der Waals surface area contributed by atoms with Crippen LogP contribution in [0, 0.1) is 17.8 Å². The van der Waals surface area contributed by atoms with E-state index in [4.69, 9.17) is 0 Å². The fourth-order valence-electron chi connectivity index (χ4n) is 3.35. The van der Waals surface area contributed by atoms with Gasteiger partial charge >= 0.3 is 0 Å². The van der Waals surface area contributed by atoms with Crippen LogP contribution in [-0.2, 0) is 0 Å². The zero-order valence-electron chi connectivity index (χ0n) is 12.8. The Hall–Kier alpha value is -1.51. The first-order chi connectivity index (χ1) is 10.1. The van der Waals surface area contributed by atoms with Gasteiger partial charge in [-0.25, -0.2) is 4.98 Å². The van der Waals surface area contributed by atoms with Gasteiger partial charge in [-0.15, -0.1) is 0 Å². The molecule has 1 saturated carbocycles. The van der Waals surface area contributed by atoms with Gasteiger partial charge in [0.1, 0.15) is 0 Å². The zero-order chi connectivity index (χ0) is 15.2. The molecule has 2 nitrogen and oxygen atoms in total. The normalized spacial score (nSPS) is 22.0. The van der Waals surface area contributed by atoms with Crippen molar-refractivity contribution in [3.05, 3.63) is 35.9 Å². The minimum Gasteiger partial charge on any atom is -0.294 e. The summed E-state index contributed by atoms with van der Waals surface area (Å²) in [5, 5.41) is 0. The molecule has 0 aliphatic heterocycles. The molecule has 1 aliphatic rings. The standard InChI is InChI=1S/C18H24FNO/c1-3-15-12-20-18(19)11-16(15)17(21)9-5-8-14-7-4-6-13(2)10-14/h3,11-14H,1,4-10H2,2H3. The smallest absolute Gasteiger partial charge is 0.213 e. The highest BCUT2D eigenvalue weighted by atomic mass is 19.1. The second-order valence-electron chi connectivity index (χ2n) is 6.25. The maximum absolute atomic E-state index is 13.2. The second kappa shape index (κ2) is 7.48. The van der Waals surface area contributed by atoms with Crippen LogP contribution in [0.2, 0.25) is 0 Å². The Morgan fingerprint density at radius 1 is 1.52 bits per heavy atom. The topological polar surface area (TPSA) is 30.0 Å². The molecule has 2 unspecified atom stereocenters. The van der Waals surface area contributed by atoms with Crippen LogP contribution in [0.4, 0.5) is 4.39 Å². The fourth-order valence-corrected chi connectivity index (χ4v) is 3.35. The van der Waals surface area contributed by atoms with Gasteiger partial charge in [0.2, 0.25) is 5.95 Å². The van der Waals surface area contributed by atoms with Crippen LogP contribution in [0.1, 0.15) is 67.8 Å². The number of carbonyl (C=O) groups is 1. The number of rotatable bonds is 6. The van der Waals surface area contributed by atoms with Crippen molar-refractivity contribution < 1.29 is 9.18 Å². The van der Waals surface area contributed by atoms with E-state index >= 15 is 0 Å². The van der Waals surface area contributed by atoms with Crippen molar-refractivity contribution in [3.63, 3.8) is 0 Å². The maximum atomic E-state index is 13.2. The lowest BCUT2D eigenvalue weighted by atomic mass is 9.80. The monoisotopic (exact) mass is 289 g/mol. The van der Waals surface area contributed by atoms with E-state index in [9.17, 15) is 9.18 Å². The summed E-state index contributed by atoms with van der Waals surface area (Å²) in [6.45, 7) is 5.96. The minimum atomic E-state index is -0.606. The highest BCUT2D eigenvalue weighted by Gasteiger charge is 2.19. The molecule has 1 aromatic rings. The molecule has 0 N–H and O–H groups in total. The predicted molar refractivity (Wildman–Crippen MR) is 83.6 cm³/mol. The van der Waals surface area contributed by atoms with Crippen molar-refractivity contribution in [3.8, 4) is 0 Å². The highest BCUT2D eigenvalue weighted by molar-refractivity contribution is 5.99. The molecule has 0 aromatic carbocycles. The van der Waals surface area contributed by atoms with Crippen LogP contribution < -0.4 is 0 Å².